The summed E-state index contributed by atoms with van der Waals surface area (Å²) in [6.07, 6.45) is -14.7. The van der Waals surface area contributed by atoms with Crippen molar-refractivity contribution in [2.45, 2.75) is 55.3 Å². The van der Waals surface area contributed by atoms with Crippen molar-refractivity contribution in [2.75, 3.05) is 13.2 Å². The Morgan fingerprint density at radius 3 is 2.29 bits per heavy atom. The molecule has 0 spiro atoms. The van der Waals surface area contributed by atoms with Gasteiger partial charge >= 0.3 is 0 Å². The summed E-state index contributed by atoms with van der Waals surface area (Å²) in [7, 11) is 0. The Balaban J connectivity index is 1.57. The lowest BCUT2D eigenvalue weighted by Gasteiger charge is -2.44. The average molecular weight is 580 g/mol. The maximum Gasteiger partial charge on any atom is 0.229 e. The van der Waals surface area contributed by atoms with Gasteiger partial charge in [0.2, 0.25) is 6.29 Å². The van der Waals surface area contributed by atoms with E-state index in [0.717, 1.165) is 24.3 Å². The minimum Gasteiger partial charge on any atom is -0.507 e. The first-order valence-electron chi connectivity index (χ1n) is 12.4. The number of phenolic OH excluding ortho intramolecular Hbond substituents is 3. The monoisotopic (exact) mass is 580 g/mol. The maximum absolute atomic E-state index is 12.0. The number of fused-ring (bicyclic) bond motifs is 1. The second kappa shape index (κ2) is 11.4. The Hall–Kier alpha value is -3.51. The fourth-order valence-electron chi connectivity index (χ4n) is 4.60. The zero-order valence-electron chi connectivity index (χ0n) is 21.0. The van der Waals surface area contributed by atoms with Gasteiger partial charge in [-0.1, -0.05) is 0 Å². The van der Waals surface area contributed by atoms with Crippen LogP contribution >= 0.6 is 0 Å². The minimum absolute atomic E-state index is 0.0158. The van der Waals surface area contributed by atoms with E-state index in [-0.39, 0.29) is 28.4 Å². The summed E-state index contributed by atoms with van der Waals surface area (Å²) < 4.78 is 28.4. The molecule has 222 valence electrons. The van der Waals surface area contributed by atoms with E-state index in [9.17, 15) is 50.8 Å². The van der Waals surface area contributed by atoms with Gasteiger partial charge in [-0.05, 0) is 24.3 Å². The van der Waals surface area contributed by atoms with E-state index < -0.39 is 91.2 Å². The first-order chi connectivity index (χ1) is 19.5. The maximum atomic E-state index is 12.0. The quantitative estimate of drug-likeness (QED) is 0.145. The molecule has 0 amide bonds. The van der Waals surface area contributed by atoms with Crippen molar-refractivity contribution in [3.8, 4) is 45.6 Å². The van der Waals surface area contributed by atoms with Crippen molar-refractivity contribution in [1.82, 2.24) is 0 Å². The largest absolute Gasteiger partial charge is 0.507 e. The van der Waals surface area contributed by atoms with Crippen LogP contribution < -0.4 is 10.2 Å². The lowest BCUT2D eigenvalue weighted by Crippen LogP contribution is -2.63. The highest BCUT2D eigenvalue weighted by molar-refractivity contribution is 5.76. The van der Waals surface area contributed by atoms with Gasteiger partial charge in [-0.3, -0.25) is 4.79 Å². The summed E-state index contributed by atoms with van der Waals surface area (Å²) >= 11 is 0. The fourth-order valence-corrected chi connectivity index (χ4v) is 4.60. The number of hydrogen-bond acceptors (Lipinski definition) is 15. The SMILES string of the molecule is O=c1cc2oc(-c3ccc(O)c(O)c3)c(O[C@@H]3O[C@H](CO)[C@@H](O)[C@H](O)[C@H]3O[C@@H]3OC[C@@H](O)[C@H](O)[C@H]3O)cc-2c(O)c1. The second-order valence-corrected chi connectivity index (χ2v) is 9.67. The number of benzene rings is 2. The highest BCUT2D eigenvalue weighted by Crippen LogP contribution is 2.43. The van der Waals surface area contributed by atoms with Gasteiger partial charge < -0.3 is 69.3 Å². The van der Waals surface area contributed by atoms with Crippen molar-refractivity contribution in [1.29, 1.82) is 0 Å². The zero-order chi connectivity index (χ0) is 29.6. The lowest BCUT2D eigenvalue weighted by atomic mass is 9.98. The molecule has 0 radical (unpaired) electrons. The first kappa shape index (κ1) is 29.0. The highest BCUT2D eigenvalue weighted by atomic mass is 16.8. The van der Waals surface area contributed by atoms with Gasteiger partial charge in [-0.25, -0.2) is 0 Å². The third kappa shape index (κ3) is 5.54. The van der Waals surface area contributed by atoms with E-state index in [0.29, 0.717) is 0 Å². The Bertz CT molecular complexity index is 1410. The molecule has 41 heavy (non-hydrogen) atoms. The number of aliphatic hydroxyl groups is 6. The molecule has 1 aromatic rings. The van der Waals surface area contributed by atoms with Crippen molar-refractivity contribution in [2.24, 2.45) is 0 Å². The summed E-state index contributed by atoms with van der Waals surface area (Å²) in [5, 5.41) is 91.4. The number of ether oxygens (including phenoxy) is 4. The lowest BCUT2D eigenvalue weighted by molar-refractivity contribution is -0.344. The summed E-state index contributed by atoms with van der Waals surface area (Å²) in [6, 6.07) is 6.90. The molecule has 0 bridgehead atoms. The van der Waals surface area contributed by atoms with Crippen LogP contribution in [0.5, 0.6) is 23.0 Å². The average Bonchev–Trinajstić information content (AvgIpc) is 2.94. The van der Waals surface area contributed by atoms with Crippen LogP contribution in [0.25, 0.3) is 22.6 Å². The normalized spacial score (nSPS) is 32.2. The molecular formula is C26H28O15. The van der Waals surface area contributed by atoms with Gasteiger partial charge in [0.25, 0.3) is 0 Å². The van der Waals surface area contributed by atoms with Crippen LogP contribution in [0.1, 0.15) is 0 Å². The molecule has 9 atom stereocenters. The molecule has 0 saturated carbocycles. The van der Waals surface area contributed by atoms with Crippen molar-refractivity contribution in [3.05, 3.63) is 46.6 Å². The molecule has 0 unspecified atom stereocenters. The molecule has 1 aliphatic carbocycles. The molecule has 2 saturated heterocycles. The number of aromatic hydroxyl groups is 3. The van der Waals surface area contributed by atoms with E-state index in [1.54, 1.807) is 0 Å². The smallest absolute Gasteiger partial charge is 0.229 e. The standard InChI is InChI=1S/C26H28O15/c27-7-18-20(34)21(35)24(41-25-22(36)19(33)15(32)8-37-25)26(40-18)39-17-6-11-13(30)4-10(28)5-16(11)38-23(17)9-1-2-12(29)14(31)3-9/h1-6,15,18-22,24-27,29-36H,7-8H2/t15-,18-,19+,20-,21+,22-,24-,25+,26-/m1/s1. The Kier molecular flexibility index (Phi) is 8.06. The molecule has 5 rings (SSSR count). The number of phenols is 3. The van der Waals surface area contributed by atoms with E-state index in [2.05, 4.69) is 0 Å². The van der Waals surface area contributed by atoms with E-state index >= 15 is 0 Å². The van der Waals surface area contributed by atoms with Gasteiger partial charge in [0, 0.05) is 17.7 Å². The van der Waals surface area contributed by atoms with Gasteiger partial charge in [-0.15, -0.1) is 0 Å². The van der Waals surface area contributed by atoms with Crippen LogP contribution in [0.4, 0.5) is 0 Å². The van der Waals surface area contributed by atoms with Gasteiger partial charge in [0.05, 0.1) is 18.8 Å². The predicted molar refractivity (Wildman–Crippen MR) is 133 cm³/mol. The van der Waals surface area contributed by atoms with Gasteiger partial charge in [0.15, 0.2) is 40.8 Å². The summed E-state index contributed by atoms with van der Waals surface area (Å²) in [5.74, 6) is -1.86. The van der Waals surface area contributed by atoms with Crippen molar-refractivity contribution in [3.63, 3.8) is 0 Å². The van der Waals surface area contributed by atoms with Gasteiger partial charge in [-0.2, -0.15) is 0 Å². The Morgan fingerprint density at radius 2 is 1.59 bits per heavy atom. The fraction of sp³-hybridized carbons (Fsp3) is 0.423. The van der Waals surface area contributed by atoms with E-state index in [1.807, 2.05) is 0 Å². The van der Waals surface area contributed by atoms with Crippen molar-refractivity contribution >= 4 is 0 Å². The summed E-state index contributed by atoms with van der Waals surface area (Å²) in [4.78, 5) is 12.0. The van der Waals surface area contributed by atoms with E-state index in [4.69, 9.17) is 23.4 Å². The third-order valence-corrected chi connectivity index (χ3v) is 6.86. The molecule has 2 fully saturated rings. The van der Waals surface area contributed by atoms with E-state index in [1.165, 1.54) is 12.1 Å². The first-order valence-corrected chi connectivity index (χ1v) is 12.4. The number of hydrogen-bond donors (Lipinski definition) is 9. The van der Waals surface area contributed by atoms with Crippen molar-refractivity contribution < 1.29 is 69.3 Å². The molecule has 15 nitrogen and oxygen atoms in total. The van der Waals surface area contributed by atoms with Crippen LogP contribution in [0, 0.1) is 0 Å². The molecule has 1 aromatic carbocycles. The molecule has 0 aromatic heterocycles. The molecule has 3 heterocycles. The second-order valence-electron chi connectivity index (χ2n) is 9.67. The summed E-state index contributed by atoms with van der Waals surface area (Å²) in [6.45, 7) is -1.19. The minimum atomic E-state index is -1.80. The highest BCUT2D eigenvalue weighted by Gasteiger charge is 2.50. The van der Waals surface area contributed by atoms with Crippen LogP contribution in [0.15, 0.2) is 45.6 Å². The third-order valence-electron chi connectivity index (χ3n) is 6.86. The number of aliphatic hydroxyl groups excluding tert-OH is 6. The molecule has 4 aliphatic rings. The molecule has 3 aliphatic heterocycles. The van der Waals surface area contributed by atoms with Crippen LogP contribution in [-0.4, -0.2) is 114 Å². The van der Waals surface area contributed by atoms with Gasteiger partial charge in [0.1, 0.15) is 48.1 Å². The molecular weight excluding hydrogens is 552 g/mol. The summed E-state index contributed by atoms with van der Waals surface area (Å²) in [5.41, 5.74) is -0.428. The Labute approximate surface area is 230 Å². The predicted octanol–water partition coefficient (Wildman–Crippen LogP) is -1.83. The van der Waals surface area contributed by atoms with Crippen LogP contribution in [0.2, 0.25) is 0 Å². The van der Waals surface area contributed by atoms with Crippen LogP contribution in [0.3, 0.4) is 0 Å². The number of rotatable bonds is 6. The topological polar surface area (TPSA) is 249 Å². The van der Waals surface area contributed by atoms with Crippen LogP contribution in [-0.2, 0) is 14.2 Å². The molecule has 9 N–H and O–H groups in total. The Morgan fingerprint density at radius 1 is 0.829 bits per heavy atom. The zero-order valence-corrected chi connectivity index (χ0v) is 21.0. The molecule has 15 heteroatoms.